The Hall–Kier alpha value is -3.54. The van der Waals surface area contributed by atoms with Gasteiger partial charge in [-0.25, -0.2) is 4.98 Å². The van der Waals surface area contributed by atoms with Crippen LogP contribution in [-0.2, 0) is 11.2 Å². The molecule has 1 N–H and O–H groups in total. The van der Waals surface area contributed by atoms with Gasteiger partial charge in [0.15, 0.2) is 0 Å². The summed E-state index contributed by atoms with van der Waals surface area (Å²) in [5, 5.41) is 9.13. The molecule has 3 aromatic rings. The standard InChI is InChI=1S/C28H28N2O4/c31-27(32)15-18-17-33-26-16-19(8-9-20(18)26)34-25-11-10-22-21(5-3-6-23(22)25)24-7-4-12-29-28(24)30-13-1-2-14-30/h3-9,12,16,18,25H,1-2,10-11,13-15,17H2,(H,31,32)/t18-,25-/m1/s1. The lowest BCUT2D eigenvalue weighted by Crippen LogP contribution is -2.19. The Labute approximate surface area is 199 Å². The molecule has 2 aromatic carbocycles. The molecule has 0 amide bonds. The highest BCUT2D eigenvalue weighted by molar-refractivity contribution is 5.79. The molecule has 6 heteroatoms. The Morgan fingerprint density at radius 2 is 1.94 bits per heavy atom. The van der Waals surface area contributed by atoms with Gasteiger partial charge >= 0.3 is 5.97 Å². The Morgan fingerprint density at radius 1 is 1.09 bits per heavy atom. The Bertz CT molecular complexity index is 1230. The number of carbonyl (C=O) groups is 1. The maximum Gasteiger partial charge on any atom is 0.304 e. The van der Waals surface area contributed by atoms with Crippen molar-refractivity contribution in [3.05, 3.63) is 71.4 Å². The summed E-state index contributed by atoms with van der Waals surface area (Å²) in [6.07, 6.45) is 6.29. The summed E-state index contributed by atoms with van der Waals surface area (Å²) in [6.45, 7) is 2.54. The molecule has 0 spiro atoms. The van der Waals surface area contributed by atoms with Gasteiger partial charge in [-0.1, -0.05) is 24.3 Å². The number of fused-ring (bicyclic) bond motifs is 2. The fourth-order valence-electron chi connectivity index (χ4n) is 5.65. The molecule has 34 heavy (non-hydrogen) atoms. The van der Waals surface area contributed by atoms with Crippen LogP contribution in [0.25, 0.3) is 11.1 Å². The van der Waals surface area contributed by atoms with Gasteiger partial charge in [-0.3, -0.25) is 4.79 Å². The molecular weight excluding hydrogens is 428 g/mol. The molecule has 6 rings (SSSR count). The summed E-state index contributed by atoms with van der Waals surface area (Å²) in [5.41, 5.74) is 6.00. The third-order valence-electron chi connectivity index (χ3n) is 7.26. The molecule has 1 saturated heterocycles. The van der Waals surface area contributed by atoms with E-state index in [9.17, 15) is 4.79 Å². The van der Waals surface area contributed by atoms with E-state index in [1.807, 2.05) is 30.5 Å². The molecule has 0 saturated carbocycles. The maximum atomic E-state index is 11.1. The van der Waals surface area contributed by atoms with E-state index in [4.69, 9.17) is 19.6 Å². The highest BCUT2D eigenvalue weighted by Gasteiger charge is 2.30. The van der Waals surface area contributed by atoms with Crippen molar-refractivity contribution in [2.24, 2.45) is 0 Å². The third kappa shape index (κ3) is 3.77. The molecule has 3 aliphatic rings. The van der Waals surface area contributed by atoms with Gasteiger partial charge in [0.05, 0.1) is 13.0 Å². The van der Waals surface area contributed by atoms with Crippen molar-refractivity contribution in [1.82, 2.24) is 4.98 Å². The van der Waals surface area contributed by atoms with Crippen molar-refractivity contribution < 1.29 is 19.4 Å². The van der Waals surface area contributed by atoms with Crippen LogP contribution in [0, 0.1) is 0 Å². The van der Waals surface area contributed by atoms with Crippen molar-refractivity contribution in [2.45, 2.75) is 44.1 Å². The topological polar surface area (TPSA) is 71.9 Å². The number of pyridine rings is 1. The highest BCUT2D eigenvalue weighted by Crippen LogP contribution is 2.44. The fourth-order valence-corrected chi connectivity index (χ4v) is 5.65. The summed E-state index contributed by atoms with van der Waals surface area (Å²) < 4.78 is 12.2. The van der Waals surface area contributed by atoms with Crippen molar-refractivity contribution in [3.8, 4) is 22.6 Å². The predicted molar refractivity (Wildman–Crippen MR) is 130 cm³/mol. The number of aliphatic carboxylic acids is 1. The zero-order valence-corrected chi connectivity index (χ0v) is 19.1. The van der Waals surface area contributed by atoms with Crippen LogP contribution in [0.15, 0.2) is 54.7 Å². The minimum atomic E-state index is -0.804. The van der Waals surface area contributed by atoms with Crippen LogP contribution in [-0.4, -0.2) is 35.8 Å². The summed E-state index contributed by atoms with van der Waals surface area (Å²) in [7, 11) is 0. The van der Waals surface area contributed by atoms with E-state index in [-0.39, 0.29) is 18.4 Å². The maximum absolute atomic E-state index is 11.1. The predicted octanol–water partition coefficient (Wildman–Crippen LogP) is 5.37. The van der Waals surface area contributed by atoms with Crippen LogP contribution >= 0.6 is 0 Å². The number of hydrogen-bond acceptors (Lipinski definition) is 5. The SMILES string of the molecule is O=C(O)C[C@@H]1COc2cc(O[C@@H]3CCc4c(-c5cccnc5N5CCCC5)cccc43)ccc21. The lowest BCUT2D eigenvalue weighted by molar-refractivity contribution is -0.137. The zero-order chi connectivity index (χ0) is 23.1. The molecule has 6 nitrogen and oxygen atoms in total. The first-order valence-corrected chi connectivity index (χ1v) is 12.1. The average molecular weight is 457 g/mol. The first-order chi connectivity index (χ1) is 16.7. The number of nitrogens with zero attached hydrogens (tertiary/aromatic N) is 2. The van der Waals surface area contributed by atoms with E-state index in [1.54, 1.807) is 0 Å². The van der Waals surface area contributed by atoms with E-state index in [1.165, 1.54) is 35.1 Å². The van der Waals surface area contributed by atoms with Gasteiger partial charge in [0.25, 0.3) is 0 Å². The number of aromatic nitrogens is 1. The summed E-state index contributed by atoms with van der Waals surface area (Å²) in [4.78, 5) is 18.3. The molecule has 174 valence electrons. The van der Waals surface area contributed by atoms with E-state index in [0.717, 1.165) is 48.8 Å². The largest absolute Gasteiger partial charge is 0.492 e. The lowest BCUT2D eigenvalue weighted by Gasteiger charge is -2.21. The van der Waals surface area contributed by atoms with Gasteiger partial charge in [0, 0.05) is 42.4 Å². The summed E-state index contributed by atoms with van der Waals surface area (Å²) in [5.74, 6) is 1.69. The number of carboxylic acids is 1. The molecule has 0 unspecified atom stereocenters. The Morgan fingerprint density at radius 3 is 2.79 bits per heavy atom. The van der Waals surface area contributed by atoms with Crippen LogP contribution in [0.1, 0.15) is 54.4 Å². The Kier molecular flexibility index (Phi) is 5.36. The quantitative estimate of drug-likeness (QED) is 0.538. The monoisotopic (exact) mass is 456 g/mol. The van der Waals surface area contributed by atoms with Crippen LogP contribution in [0.4, 0.5) is 5.82 Å². The molecule has 0 radical (unpaired) electrons. The van der Waals surface area contributed by atoms with Crippen LogP contribution in [0.5, 0.6) is 11.5 Å². The number of carboxylic acid groups (broad SMARTS) is 1. The first-order valence-electron chi connectivity index (χ1n) is 12.1. The highest BCUT2D eigenvalue weighted by atomic mass is 16.5. The molecule has 0 bridgehead atoms. The van der Waals surface area contributed by atoms with E-state index in [2.05, 4.69) is 29.2 Å². The van der Waals surface area contributed by atoms with Gasteiger partial charge in [-0.15, -0.1) is 0 Å². The molecule has 1 aromatic heterocycles. The number of hydrogen-bond donors (Lipinski definition) is 1. The number of ether oxygens (including phenoxy) is 2. The minimum absolute atomic E-state index is 0.0175. The fraction of sp³-hybridized carbons (Fsp3) is 0.357. The van der Waals surface area contributed by atoms with E-state index >= 15 is 0 Å². The first kappa shape index (κ1) is 21.0. The van der Waals surface area contributed by atoms with Crippen LogP contribution in [0.3, 0.4) is 0 Å². The summed E-state index contributed by atoms with van der Waals surface area (Å²) in [6, 6.07) is 16.5. The van der Waals surface area contributed by atoms with Crippen molar-refractivity contribution >= 4 is 11.8 Å². The third-order valence-corrected chi connectivity index (χ3v) is 7.26. The van der Waals surface area contributed by atoms with E-state index in [0.29, 0.717) is 6.61 Å². The van der Waals surface area contributed by atoms with Crippen molar-refractivity contribution in [1.29, 1.82) is 0 Å². The zero-order valence-electron chi connectivity index (χ0n) is 19.1. The van der Waals surface area contributed by atoms with Gasteiger partial charge < -0.3 is 19.5 Å². The van der Waals surface area contributed by atoms with Gasteiger partial charge in [0.2, 0.25) is 0 Å². The second kappa shape index (κ2) is 8.67. The van der Waals surface area contributed by atoms with Gasteiger partial charge in [0.1, 0.15) is 23.4 Å². The summed E-state index contributed by atoms with van der Waals surface area (Å²) >= 11 is 0. The second-order valence-electron chi connectivity index (χ2n) is 9.39. The molecule has 1 aliphatic carbocycles. The second-order valence-corrected chi connectivity index (χ2v) is 9.39. The minimum Gasteiger partial charge on any atom is -0.492 e. The van der Waals surface area contributed by atoms with Crippen LogP contribution < -0.4 is 14.4 Å². The normalized spacial score (nSPS) is 20.6. The number of anilines is 1. The molecular formula is C28H28N2O4. The van der Waals surface area contributed by atoms with Crippen molar-refractivity contribution in [3.63, 3.8) is 0 Å². The molecule has 3 heterocycles. The number of rotatable bonds is 6. The smallest absolute Gasteiger partial charge is 0.304 e. The van der Waals surface area contributed by atoms with Crippen molar-refractivity contribution in [2.75, 3.05) is 24.6 Å². The molecule has 1 fully saturated rings. The average Bonchev–Trinajstić information content (AvgIpc) is 3.60. The number of benzene rings is 2. The lowest BCUT2D eigenvalue weighted by atomic mass is 9.96. The van der Waals surface area contributed by atoms with E-state index < -0.39 is 5.97 Å². The molecule has 2 atom stereocenters. The van der Waals surface area contributed by atoms with Crippen LogP contribution in [0.2, 0.25) is 0 Å². The van der Waals surface area contributed by atoms with Gasteiger partial charge in [-0.05, 0) is 60.6 Å². The molecule has 2 aliphatic heterocycles. The van der Waals surface area contributed by atoms with Gasteiger partial charge in [-0.2, -0.15) is 0 Å². The Balaban J connectivity index is 1.27.